The van der Waals surface area contributed by atoms with Gasteiger partial charge in [0.15, 0.2) is 0 Å². The van der Waals surface area contributed by atoms with Crippen LogP contribution in [0.15, 0.2) is 18.2 Å². The number of hydrogen-bond donors (Lipinski definition) is 2. The summed E-state index contributed by atoms with van der Waals surface area (Å²) in [5, 5.41) is 11.9. The Bertz CT molecular complexity index is 570. The fraction of sp³-hybridized carbons (Fsp3) is 0.500. The molecule has 0 unspecified atom stereocenters. The molecule has 1 amide bonds. The molecule has 0 aliphatic carbocycles. The molecule has 1 aliphatic rings. The van der Waals surface area contributed by atoms with Gasteiger partial charge in [0.05, 0.1) is 42.9 Å². The lowest BCUT2D eigenvalue weighted by Crippen LogP contribution is -2.38. The van der Waals surface area contributed by atoms with Crippen LogP contribution in [-0.4, -0.2) is 56.5 Å². The number of nitrogens with one attached hydrogen (secondary N) is 1. The van der Waals surface area contributed by atoms with Crippen molar-refractivity contribution < 1.29 is 24.2 Å². The van der Waals surface area contributed by atoms with Gasteiger partial charge in [-0.05, 0) is 18.2 Å². The van der Waals surface area contributed by atoms with Crippen LogP contribution in [0.25, 0.3) is 0 Å². The van der Waals surface area contributed by atoms with Gasteiger partial charge in [-0.3, -0.25) is 4.79 Å². The lowest BCUT2D eigenvalue weighted by atomic mass is 10.1. The Morgan fingerprint density at radius 2 is 2.17 bits per heavy atom. The Morgan fingerprint density at radius 1 is 1.39 bits per heavy atom. The molecule has 2 N–H and O–H groups in total. The Morgan fingerprint density at radius 3 is 2.78 bits per heavy atom. The fourth-order valence-electron chi connectivity index (χ4n) is 2.39. The average molecular weight is 322 g/mol. The van der Waals surface area contributed by atoms with Crippen LogP contribution in [0.5, 0.6) is 0 Å². The normalized spacial score (nSPS) is 17.6. The summed E-state index contributed by atoms with van der Waals surface area (Å²) in [4.78, 5) is 24.8. The molecule has 0 bridgehead atoms. The number of amides is 1. The number of carbonyl (C=O) groups is 2. The van der Waals surface area contributed by atoms with Crippen molar-refractivity contribution in [3.8, 4) is 0 Å². The largest absolute Gasteiger partial charge is 0.478 e. The molecule has 1 saturated heterocycles. The van der Waals surface area contributed by atoms with Gasteiger partial charge < -0.3 is 24.8 Å². The summed E-state index contributed by atoms with van der Waals surface area (Å²) in [5.74, 6) is -1.20. The number of likely N-dealkylation sites (N-methyl/N-ethyl adjacent to an activating group) is 1. The van der Waals surface area contributed by atoms with Crippen molar-refractivity contribution >= 4 is 23.3 Å². The number of anilines is 2. The maximum absolute atomic E-state index is 11.7. The minimum absolute atomic E-state index is 0.0531. The van der Waals surface area contributed by atoms with E-state index >= 15 is 0 Å². The molecule has 1 aromatic carbocycles. The van der Waals surface area contributed by atoms with Crippen LogP contribution < -0.4 is 10.2 Å². The van der Waals surface area contributed by atoms with E-state index in [4.69, 9.17) is 14.6 Å². The molecule has 7 nitrogen and oxygen atoms in total. The molecule has 0 saturated carbocycles. The zero-order valence-corrected chi connectivity index (χ0v) is 13.4. The molecule has 0 radical (unpaired) electrons. The number of carboxylic acids is 1. The molecular weight excluding hydrogens is 300 g/mol. The molecule has 1 heterocycles. The number of carboxylic acid groups (broad SMARTS) is 1. The molecule has 0 spiro atoms. The molecule has 1 atom stereocenters. The van der Waals surface area contributed by atoms with Gasteiger partial charge >= 0.3 is 5.97 Å². The molecule has 0 aromatic heterocycles. The number of benzene rings is 1. The number of carbonyl (C=O) groups excluding carboxylic acids is 1. The van der Waals surface area contributed by atoms with E-state index < -0.39 is 5.97 Å². The second-order valence-corrected chi connectivity index (χ2v) is 5.39. The van der Waals surface area contributed by atoms with Crippen molar-refractivity contribution in [1.29, 1.82) is 0 Å². The van der Waals surface area contributed by atoms with Gasteiger partial charge in [0.1, 0.15) is 0 Å². The molecule has 1 aromatic rings. The first kappa shape index (κ1) is 17.2. The highest BCUT2D eigenvalue weighted by Gasteiger charge is 2.19. The summed E-state index contributed by atoms with van der Waals surface area (Å²) in [5.41, 5.74) is 1.35. The summed E-state index contributed by atoms with van der Waals surface area (Å²) < 4.78 is 11.0. The van der Waals surface area contributed by atoms with Crippen LogP contribution in [0.2, 0.25) is 0 Å². The Kier molecular flexibility index (Phi) is 5.95. The van der Waals surface area contributed by atoms with E-state index in [2.05, 4.69) is 5.32 Å². The van der Waals surface area contributed by atoms with Crippen LogP contribution in [0, 0.1) is 0 Å². The first-order chi connectivity index (χ1) is 11.0. The second-order valence-electron chi connectivity index (χ2n) is 5.39. The zero-order valence-electron chi connectivity index (χ0n) is 13.4. The summed E-state index contributed by atoms with van der Waals surface area (Å²) in [6.07, 6.45) is 0.266. The summed E-state index contributed by atoms with van der Waals surface area (Å²) in [6.45, 7) is 4.02. The van der Waals surface area contributed by atoms with E-state index in [1.54, 1.807) is 13.0 Å². The monoisotopic (exact) mass is 322 g/mol. The maximum atomic E-state index is 11.7. The second kappa shape index (κ2) is 7.94. The minimum atomic E-state index is -1.03. The third-order valence-electron chi connectivity index (χ3n) is 3.61. The standard InChI is InChI=1S/C16H22N2O5/c1-3-15(19)17-13-8-11(16(20)21)4-5-14(13)18(2)9-12-10-22-6-7-23-12/h4-5,8,12H,3,6-7,9-10H2,1-2H3,(H,17,19)(H,20,21)/t12-/m0/s1. The Hall–Kier alpha value is -2.12. The van der Waals surface area contributed by atoms with Crippen molar-refractivity contribution in [2.75, 3.05) is 43.6 Å². The zero-order chi connectivity index (χ0) is 16.8. The van der Waals surface area contributed by atoms with Crippen molar-refractivity contribution in [1.82, 2.24) is 0 Å². The van der Waals surface area contributed by atoms with Gasteiger partial charge in [-0.1, -0.05) is 6.92 Å². The maximum Gasteiger partial charge on any atom is 0.335 e. The van der Waals surface area contributed by atoms with E-state index in [0.29, 0.717) is 38.5 Å². The first-order valence-corrected chi connectivity index (χ1v) is 7.59. The Labute approximate surface area is 135 Å². The molecule has 2 rings (SSSR count). The molecule has 7 heteroatoms. The van der Waals surface area contributed by atoms with Gasteiger partial charge in [0.2, 0.25) is 5.91 Å². The van der Waals surface area contributed by atoms with Crippen LogP contribution in [0.3, 0.4) is 0 Å². The van der Waals surface area contributed by atoms with Gasteiger partial charge in [0.25, 0.3) is 0 Å². The number of aromatic carboxylic acids is 1. The van der Waals surface area contributed by atoms with Gasteiger partial charge in [-0.25, -0.2) is 4.79 Å². The number of ether oxygens (including phenoxy) is 2. The van der Waals surface area contributed by atoms with Crippen molar-refractivity contribution in [3.05, 3.63) is 23.8 Å². The fourth-order valence-corrected chi connectivity index (χ4v) is 2.39. The quantitative estimate of drug-likeness (QED) is 0.827. The van der Waals surface area contributed by atoms with Crippen LogP contribution in [0.1, 0.15) is 23.7 Å². The smallest absolute Gasteiger partial charge is 0.335 e. The lowest BCUT2D eigenvalue weighted by Gasteiger charge is -2.30. The SMILES string of the molecule is CCC(=O)Nc1cc(C(=O)O)ccc1N(C)C[C@H]1COCCO1. The molecule has 1 aliphatic heterocycles. The predicted molar refractivity (Wildman–Crippen MR) is 86.2 cm³/mol. The summed E-state index contributed by atoms with van der Waals surface area (Å²) in [6, 6.07) is 4.69. The van der Waals surface area contributed by atoms with Crippen molar-refractivity contribution in [2.24, 2.45) is 0 Å². The molecule has 1 fully saturated rings. The van der Waals surface area contributed by atoms with Crippen LogP contribution in [0.4, 0.5) is 11.4 Å². The van der Waals surface area contributed by atoms with E-state index in [9.17, 15) is 9.59 Å². The number of hydrogen-bond acceptors (Lipinski definition) is 5. The van der Waals surface area contributed by atoms with E-state index in [1.807, 2.05) is 11.9 Å². The Balaban J connectivity index is 2.20. The van der Waals surface area contributed by atoms with E-state index in [-0.39, 0.29) is 17.6 Å². The van der Waals surface area contributed by atoms with E-state index in [1.165, 1.54) is 12.1 Å². The minimum Gasteiger partial charge on any atom is -0.478 e. The third-order valence-corrected chi connectivity index (χ3v) is 3.61. The highest BCUT2D eigenvalue weighted by molar-refractivity contribution is 5.97. The van der Waals surface area contributed by atoms with Gasteiger partial charge in [0, 0.05) is 20.0 Å². The molecular formula is C16H22N2O5. The molecule has 126 valence electrons. The van der Waals surface area contributed by atoms with Crippen LogP contribution in [-0.2, 0) is 14.3 Å². The van der Waals surface area contributed by atoms with Crippen LogP contribution >= 0.6 is 0 Å². The summed E-state index contributed by atoms with van der Waals surface area (Å²) >= 11 is 0. The average Bonchev–Trinajstić information content (AvgIpc) is 2.55. The van der Waals surface area contributed by atoms with Gasteiger partial charge in [-0.15, -0.1) is 0 Å². The van der Waals surface area contributed by atoms with Crippen molar-refractivity contribution in [3.63, 3.8) is 0 Å². The summed E-state index contributed by atoms with van der Waals surface area (Å²) in [7, 11) is 1.87. The highest BCUT2D eigenvalue weighted by Crippen LogP contribution is 2.27. The topological polar surface area (TPSA) is 88.1 Å². The van der Waals surface area contributed by atoms with E-state index in [0.717, 1.165) is 5.69 Å². The first-order valence-electron chi connectivity index (χ1n) is 7.59. The number of rotatable bonds is 6. The van der Waals surface area contributed by atoms with Crippen molar-refractivity contribution in [2.45, 2.75) is 19.4 Å². The molecule has 23 heavy (non-hydrogen) atoms. The predicted octanol–water partition coefficient (Wildman–Crippen LogP) is 1.58. The van der Waals surface area contributed by atoms with Gasteiger partial charge in [-0.2, -0.15) is 0 Å². The third kappa shape index (κ3) is 4.67. The lowest BCUT2D eigenvalue weighted by molar-refractivity contribution is -0.115. The highest BCUT2D eigenvalue weighted by atomic mass is 16.6. The number of nitrogens with zero attached hydrogens (tertiary/aromatic N) is 1.